The molecule has 0 aromatic carbocycles. The van der Waals surface area contributed by atoms with Crippen LogP contribution in [0.3, 0.4) is 0 Å². The summed E-state index contributed by atoms with van der Waals surface area (Å²) in [7, 11) is -3.47. The highest BCUT2D eigenvalue weighted by molar-refractivity contribution is 7.90. The molecule has 1 saturated heterocycles. The van der Waals surface area contributed by atoms with Crippen LogP contribution in [0.15, 0.2) is 29.6 Å². The molecule has 0 atom stereocenters. The summed E-state index contributed by atoms with van der Waals surface area (Å²) in [6.07, 6.45) is 2.47. The van der Waals surface area contributed by atoms with Crippen molar-refractivity contribution in [3.05, 3.63) is 29.3 Å². The van der Waals surface area contributed by atoms with Gasteiger partial charge in [0.2, 0.25) is 15.0 Å². The number of ether oxygens (including phenoxy) is 1. The summed E-state index contributed by atoms with van der Waals surface area (Å²) in [5, 5.41) is -0.218. The number of aromatic nitrogens is 2. The number of hydrogen-bond acceptors (Lipinski definition) is 7. The Labute approximate surface area is 137 Å². The van der Waals surface area contributed by atoms with Crippen molar-refractivity contribution in [1.29, 1.82) is 0 Å². The molecule has 1 aliphatic heterocycles. The number of nitrogens with zero attached hydrogens (tertiary/aromatic N) is 3. The van der Waals surface area contributed by atoms with Gasteiger partial charge in [0.25, 0.3) is 5.91 Å². The largest absolute Gasteiger partial charge is 0.378 e. The van der Waals surface area contributed by atoms with Gasteiger partial charge in [0.05, 0.1) is 28.7 Å². The third-order valence-electron chi connectivity index (χ3n) is 3.33. The summed E-state index contributed by atoms with van der Waals surface area (Å²) in [5.74, 6) is -0.0399. The Morgan fingerprint density at radius 1 is 1.26 bits per heavy atom. The number of morpholine rings is 1. The second kappa shape index (κ2) is 6.34. The highest BCUT2D eigenvalue weighted by atomic mass is 32.2. The summed E-state index contributed by atoms with van der Waals surface area (Å²) in [5.41, 5.74) is 0.492. The van der Waals surface area contributed by atoms with Gasteiger partial charge in [-0.1, -0.05) is 0 Å². The molecule has 1 fully saturated rings. The molecule has 0 bridgehead atoms. The number of thiophene rings is 1. The molecule has 0 N–H and O–H groups in total. The summed E-state index contributed by atoms with van der Waals surface area (Å²) < 4.78 is 28.3. The third-order valence-corrected chi connectivity index (χ3v) is 5.29. The van der Waals surface area contributed by atoms with E-state index in [4.69, 9.17) is 4.74 Å². The van der Waals surface area contributed by atoms with Gasteiger partial charge < -0.3 is 9.64 Å². The van der Waals surface area contributed by atoms with E-state index in [0.717, 1.165) is 11.1 Å². The Morgan fingerprint density at radius 2 is 2.00 bits per heavy atom. The van der Waals surface area contributed by atoms with Crippen LogP contribution in [-0.2, 0) is 14.6 Å². The summed E-state index contributed by atoms with van der Waals surface area (Å²) >= 11 is 1.29. The minimum atomic E-state index is -3.47. The van der Waals surface area contributed by atoms with Crippen molar-refractivity contribution in [3.8, 4) is 10.6 Å². The van der Waals surface area contributed by atoms with E-state index in [1.54, 1.807) is 23.1 Å². The van der Waals surface area contributed by atoms with Gasteiger partial charge in [0.15, 0.2) is 0 Å². The molecule has 3 heterocycles. The average molecular weight is 353 g/mol. The molecule has 122 valence electrons. The number of amides is 1. The Hall–Kier alpha value is -1.84. The van der Waals surface area contributed by atoms with Crippen LogP contribution >= 0.6 is 11.3 Å². The lowest BCUT2D eigenvalue weighted by Crippen LogP contribution is -2.40. The standard InChI is InChI=1S/C14H15N3O4S2/c1-23(19,20)14-15-5-4-10(16-14)11-2-3-12(22-11)13(18)17-6-8-21-9-7-17/h2-5H,6-9H2,1H3. The first-order valence-electron chi connectivity index (χ1n) is 6.95. The molecule has 0 spiro atoms. The Morgan fingerprint density at radius 3 is 2.70 bits per heavy atom. The van der Waals surface area contributed by atoms with Crippen LogP contribution < -0.4 is 0 Å². The van der Waals surface area contributed by atoms with Crippen molar-refractivity contribution in [3.63, 3.8) is 0 Å². The predicted molar refractivity (Wildman–Crippen MR) is 85.2 cm³/mol. The molecule has 3 rings (SSSR count). The fourth-order valence-corrected chi connectivity index (χ4v) is 3.63. The Bertz CT molecular complexity index is 826. The zero-order valence-electron chi connectivity index (χ0n) is 12.4. The number of sulfone groups is 1. The minimum absolute atomic E-state index is 0.0399. The molecular formula is C14H15N3O4S2. The van der Waals surface area contributed by atoms with Gasteiger partial charge in [-0.3, -0.25) is 4.79 Å². The zero-order chi connectivity index (χ0) is 16.4. The lowest BCUT2D eigenvalue weighted by Gasteiger charge is -2.26. The molecule has 1 amide bonds. The van der Waals surface area contributed by atoms with E-state index in [9.17, 15) is 13.2 Å². The van der Waals surface area contributed by atoms with Crippen LogP contribution in [0.25, 0.3) is 10.6 Å². The number of rotatable bonds is 3. The molecule has 0 aliphatic carbocycles. The van der Waals surface area contributed by atoms with Crippen LogP contribution in [-0.4, -0.2) is 61.8 Å². The molecule has 9 heteroatoms. The maximum atomic E-state index is 12.4. The van der Waals surface area contributed by atoms with E-state index in [1.807, 2.05) is 0 Å². The average Bonchev–Trinajstić information content (AvgIpc) is 3.04. The Balaban J connectivity index is 1.86. The van der Waals surface area contributed by atoms with E-state index in [2.05, 4.69) is 9.97 Å². The highest BCUT2D eigenvalue weighted by Crippen LogP contribution is 2.28. The predicted octanol–water partition coefficient (Wildman–Crippen LogP) is 1.08. The summed E-state index contributed by atoms with van der Waals surface area (Å²) in [6, 6.07) is 5.14. The highest BCUT2D eigenvalue weighted by Gasteiger charge is 2.21. The van der Waals surface area contributed by atoms with Crippen molar-refractivity contribution in [2.75, 3.05) is 32.6 Å². The van der Waals surface area contributed by atoms with Gasteiger partial charge in [-0.25, -0.2) is 18.4 Å². The number of hydrogen-bond donors (Lipinski definition) is 0. The SMILES string of the molecule is CS(=O)(=O)c1nccc(-c2ccc(C(=O)N3CCOCC3)s2)n1. The zero-order valence-corrected chi connectivity index (χ0v) is 14.1. The second-order valence-corrected chi connectivity index (χ2v) is 8.06. The van der Waals surface area contributed by atoms with E-state index < -0.39 is 9.84 Å². The van der Waals surface area contributed by atoms with Gasteiger partial charge in [0.1, 0.15) is 0 Å². The molecule has 1 aliphatic rings. The van der Waals surface area contributed by atoms with Crippen LogP contribution in [0.5, 0.6) is 0 Å². The van der Waals surface area contributed by atoms with Crippen LogP contribution in [0, 0.1) is 0 Å². The Kier molecular flexibility index (Phi) is 4.42. The summed E-state index contributed by atoms with van der Waals surface area (Å²) in [6.45, 7) is 2.26. The number of carbonyl (C=O) groups is 1. The van der Waals surface area contributed by atoms with Crippen LogP contribution in [0.1, 0.15) is 9.67 Å². The maximum absolute atomic E-state index is 12.4. The van der Waals surface area contributed by atoms with Gasteiger partial charge in [-0.05, 0) is 18.2 Å². The van der Waals surface area contributed by atoms with Crippen molar-refractivity contribution >= 4 is 27.1 Å². The quantitative estimate of drug-likeness (QED) is 0.767. The summed E-state index contributed by atoms with van der Waals surface area (Å²) in [4.78, 5) is 23.3. The van der Waals surface area contributed by atoms with Crippen molar-refractivity contribution in [2.45, 2.75) is 5.16 Å². The molecule has 0 unspecified atom stereocenters. The molecule has 2 aromatic heterocycles. The maximum Gasteiger partial charge on any atom is 0.264 e. The molecule has 0 saturated carbocycles. The molecule has 2 aromatic rings. The van der Waals surface area contributed by atoms with E-state index in [0.29, 0.717) is 36.9 Å². The fourth-order valence-electron chi connectivity index (χ4n) is 2.17. The lowest BCUT2D eigenvalue weighted by atomic mass is 10.3. The van der Waals surface area contributed by atoms with Crippen molar-refractivity contribution in [1.82, 2.24) is 14.9 Å². The van der Waals surface area contributed by atoms with E-state index in [-0.39, 0.29) is 11.1 Å². The first-order chi connectivity index (χ1) is 10.9. The molecule has 23 heavy (non-hydrogen) atoms. The van der Waals surface area contributed by atoms with Crippen molar-refractivity contribution < 1.29 is 17.9 Å². The minimum Gasteiger partial charge on any atom is -0.378 e. The smallest absolute Gasteiger partial charge is 0.264 e. The van der Waals surface area contributed by atoms with E-state index in [1.165, 1.54) is 17.5 Å². The van der Waals surface area contributed by atoms with Crippen LogP contribution in [0.2, 0.25) is 0 Å². The fraction of sp³-hybridized carbons (Fsp3) is 0.357. The lowest BCUT2D eigenvalue weighted by molar-refractivity contribution is 0.0306. The molecular weight excluding hydrogens is 338 g/mol. The van der Waals surface area contributed by atoms with Gasteiger partial charge in [-0.15, -0.1) is 11.3 Å². The second-order valence-electron chi connectivity index (χ2n) is 5.07. The van der Waals surface area contributed by atoms with Gasteiger partial charge >= 0.3 is 0 Å². The third kappa shape index (κ3) is 3.57. The molecule has 0 radical (unpaired) electrons. The van der Waals surface area contributed by atoms with Gasteiger partial charge in [0, 0.05) is 25.5 Å². The monoisotopic (exact) mass is 353 g/mol. The van der Waals surface area contributed by atoms with Crippen molar-refractivity contribution in [2.24, 2.45) is 0 Å². The first-order valence-corrected chi connectivity index (χ1v) is 9.66. The molecule has 7 nitrogen and oxygen atoms in total. The van der Waals surface area contributed by atoms with E-state index >= 15 is 0 Å². The normalized spacial score (nSPS) is 15.6. The van der Waals surface area contributed by atoms with Gasteiger partial charge in [-0.2, -0.15) is 0 Å². The topological polar surface area (TPSA) is 89.5 Å². The number of carbonyl (C=O) groups excluding carboxylic acids is 1. The first kappa shape index (κ1) is 16.0. The van der Waals surface area contributed by atoms with Crippen LogP contribution in [0.4, 0.5) is 0 Å².